The molecule has 0 aliphatic rings. The molecule has 0 radical (unpaired) electrons. The van der Waals surface area contributed by atoms with Crippen molar-refractivity contribution in [2.45, 2.75) is 12.6 Å². The van der Waals surface area contributed by atoms with Gasteiger partial charge in [0, 0.05) is 28.9 Å². The topological polar surface area (TPSA) is 67.4 Å². The van der Waals surface area contributed by atoms with Gasteiger partial charge in [-0.05, 0) is 76.1 Å². The average Bonchev–Trinajstić information content (AvgIpc) is 2.90. The molecule has 0 heterocycles. The zero-order valence-corrected chi connectivity index (χ0v) is 21.5. The molecule has 4 rings (SSSR count). The highest BCUT2D eigenvalue weighted by molar-refractivity contribution is 9.10. The number of rotatable bonds is 8. The van der Waals surface area contributed by atoms with Crippen LogP contribution in [0.2, 0.25) is 0 Å². The first-order valence-electron chi connectivity index (χ1n) is 11.6. The molecular formula is C29H22BrF3N2O3. The second kappa shape index (κ2) is 12.0. The van der Waals surface area contributed by atoms with Gasteiger partial charge in [0.05, 0.1) is 16.6 Å². The molecule has 0 aromatic heterocycles. The minimum Gasteiger partial charge on any atom is -0.492 e. The van der Waals surface area contributed by atoms with Crippen molar-refractivity contribution < 1.29 is 27.5 Å². The van der Waals surface area contributed by atoms with E-state index in [9.17, 15) is 22.8 Å². The van der Waals surface area contributed by atoms with Gasteiger partial charge < -0.3 is 15.4 Å². The van der Waals surface area contributed by atoms with E-state index in [1.165, 1.54) is 24.3 Å². The van der Waals surface area contributed by atoms with E-state index in [-0.39, 0.29) is 11.3 Å². The molecular weight excluding hydrogens is 561 g/mol. The van der Waals surface area contributed by atoms with E-state index in [0.29, 0.717) is 28.1 Å². The fraction of sp³-hybridized carbons (Fsp3) is 0.103. The zero-order chi connectivity index (χ0) is 27.1. The third-order valence-corrected chi connectivity index (χ3v) is 6.14. The normalized spacial score (nSPS) is 11.1. The van der Waals surface area contributed by atoms with Crippen LogP contribution in [-0.2, 0) is 12.6 Å². The predicted octanol–water partition coefficient (Wildman–Crippen LogP) is 7.59. The molecule has 0 aliphatic heterocycles. The molecule has 38 heavy (non-hydrogen) atoms. The number of halogens is 4. The molecule has 2 amide bonds. The van der Waals surface area contributed by atoms with Crippen molar-refractivity contribution in [1.82, 2.24) is 0 Å². The lowest BCUT2D eigenvalue weighted by molar-refractivity contribution is -0.137. The van der Waals surface area contributed by atoms with Gasteiger partial charge in [0.1, 0.15) is 5.75 Å². The van der Waals surface area contributed by atoms with Gasteiger partial charge in [-0.3, -0.25) is 9.59 Å². The summed E-state index contributed by atoms with van der Waals surface area (Å²) in [5, 5.41) is 5.18. The van der Waals surface area contributed by atoms with Crippen molar-refractivity contribution in [3.05, 3.63) is 124 Å². The molecule has 2 N–H and O–H groups in total. The first-order chi connectivity index (χ1) is 18.2. The molecule has 0 fully saturated rings. The van der Waals surface area contributed by atoms with Gasteiger partial charge in [0.25, 0.3) is 11.8 Å². The summed E-state index contributed by atoms with van der Waals surface area (Å²) in [6.45, 7) is 0.476. The molecule has 194 valence electrons. The highest BCUT2D eigenvalue weighted by Crippen LogP contribution is 2.31. The Hall–Kier alpha value is -4.11. The number of hydrogen-bond donors (Lipinski definition) is 2. The number of carbonyl (C=O) groups excluding carboxylic acids is 2. The summed E-state index contributed by atoms with van der Waals surface area (Å²) in [6.07, 6.45) is -3.78. The molecule has 4 aromatic rings. The van der Waals surface area contributed by atoms with Gasteiger partial charge in [0.15, 0.2) is 0 Å². The molecule has 0 bridgehead atoms. The molecule has 0 saturated heterocycles. The SMILES string of the molecule is O=C(Nc1cccc(C(F)(F)F)c1)c1cccc(NC(=O)c2ccc(OCCc3ccccc3)c(Br)c2)c1. The van der Waals surface area contributed by atoms with Crippen molar-refractivity contribution in [2.24, 2.45) is 0 Å². The Balaban J connectivity index is 1.37. The van der Waals surface area contributed by atoms with E-state index in [0.717, 1.165) is 24.1 Å². The Morgan fingerprint density at radius 3 is 2.03 bits per heavy atom. The number of benzene rings is 4. The highest BCUT2D eigenvalue weighted by atomic mass is 79.9. The number of carbonyl (C=O) groups is 2. The summed E-state index contributed by atoms with van der Waals surface area (Å²) in [6, 6.07) is 25.4. The number of nitrogens with one attached hydrogen (secondary N) is 2. The van der Waals surface area contributed by atoms with E-state index in [1.54, 1.807) is 30.3 Å². The van der Waals surface area contributed by atoms with Gasteiger partial charge in [-0.25, -0.2) is 0 Å². The molecule has 9 heteroatoms. The summed E-state index contributed by atoms with van der Waals surface area (Å²) in [5.41, 5.74) is 1.19. The average molecular weight is 583 g/mol. The van der Waals surface area contributed by atoms with Crippen molar-refractivity contribution in [3.8, 4) is 5.75 Å². The fourth-order valence-corrected chi connectivity index (χ4v) is 4.09. The van der Waals surface area contributed by atoms with Crippen LogP contribution in [0, 0.1) is 0 Å². The minimum absolute atomic E-state index is 0.00944. The second-order valence-corrected chi connectivity index (χ2v) is 9.15. The number of alkyl halides is 3. The van der Waals surface area contributed by atoms with Crippen molar-refractivity contribution in [2.75, 3.05) is 17.2 Å². The van der Waals surface area contributed by atoms with E-state index in [2.05, 4.69) is 26.6 Å². The lowest BCUT2D eigenvalue weighted by Crippen LogP contribution is -2.15. The van der Waals surface area contributed by atoms with E-state index in [1.807, 2.05) is 30.3 Å². The highest BCUT2D eigenvalue weighted by Gasteiger charge is 2.30. The molecule has 0 saturated carbocycles. The molecule has 5 nitrogen and oxygen atoms in total. The van der Waals surface area contributed by atoms with Crippen molar-refractivity contribution in [3.63, 3.8) is 0 Å². The summed E-state index contributed by atoms with van der Waals surface area (Å²) in [4.78, 5) is 25.4. The Bertz CT molecular complexity index is 1440. The maximum Gasteiger partial charge on any atom is 0.416 e. The molecule has 4 aromatic carbocycles. The number of ether oxygens (including phenoxy) is 1. The zero-order valence-electron chi connectivity index (χ0n) is 19.9. The third-order valence-electron chi connectivity index (χ3n) is 5.52. The van der Waals surface area contributed by atoms with Crippen LogP contribution in [0.25, 0.3) is 0 Å². The monoisotopic (exact) mass is 582 g/mol. The third kappa shape index (κ3) is 7.23. The fourth-order valence-electron chi connectivity index (χ4n) is 3.60. The van der Waals surface area contributed by atoms with Crippen molar-refractivity contribution >= 4 is 39.1 Å². The largest absolute Gasteiger partial charge is 0.492 e. The molecule has 0 spiro atoms. The van der Waals surface area contributed by atoms with Crippen LogP contribution in [0.15, 0.2) is 102 Å². The predicted molar refractivity (Wildman–Crippen MR) is 144 cm³/mol. The van der Waals surface area contributed by atoms with Gasteiger partial charge >= 0.3 is 6.18 Å². The maximum absolute atomic E-state index is 12.9. The van der Waals surface area contributed by atoms with Crippen LogP contribution in [0.1, 0.15) is 31.8 Å². The Kier molecular flexibility index (Phi) is 8.48. The van der Waals surface area contributed by atoms with Crippen LogP contribution in [0.3, 0.4) is 0 Å². The van der Waals surface area contributed by atoms with Crippen molar-refractivity contribution in [1.29, 1.82) is 0 Å². The molecule has 0 atom stereocenters. The smallest absolute Gasteiger partial charge is 0.416 e. The van der Waals surface area contributed by atoms with Gasteiger partial charge in [-0.2, -0.15) is 13.2 Å². The first kappa shape index (κ1) is 26.9. The van der Waals surface area contributed by atoms with Crippen LogP contribution in [0.5, 0.6) is 5.75 Å². The first-order valence-corrected chi connectivity index (χ1v) is 12.3. The summed E-state index contributed by atoms with van der Waals surface area (Å²) < 4.78 is 45.3. The van der Waals surface area contributed by atoms with E-state index in [4.69, 9.17) is 4.74 Å². The van der Waals surface area contributed by atoms with Crippen LogP contribution < -0.4 is 15.4 Å². The van der Waals surface area contributed by atoms with Crippen LogP contribution >= 0.6 is 15.9 Å². The Labute approximate surface area is 225 Å². The summed E-state index contributed by atoms with van der Waals surface area (Å²) in [5.74, 6) is -0.414. The minimum atomic E-state index is -4.52. The number of amides is 2. The van der Waals surface area contributed by atoms with E-state index >= 15 is 0 Å². The van der Waals surface area contributed by atoms with Crippen LogP contribution in [-0.4, -0.2) is 18.4 Å². The van der Waals surface area contributed by atoms with Gasteiger partial charge in [-0.1, -0.05) is 42.5 Å². The second-order valence-electron chi connectivity index (χ2n) is 8.30. The summed E-state index contributed by atoms with van der Waals surface area (Å²) in [7, 11) is 0. The Morgan fingerprint density at radius 1 is 0.737 bits per heavy atom. The molecule has 0 aliphatic carbocycles. The maximum atomic E-state index is 12.9. The van der Waals surface area contributed by atoms with Gasteiger partial charge in [-0.15, -0.1) is 0 Å². The Morgan fingerprint density at radius 2 is 1.37 bits per heavy atom. The molecule has 0 unspecified atom stereocenters. The summed E-state index contributed by atoms with van der Waals surface area (Å²) >= 11 is 3.44. The lowest BCUT2D eigenvalue weighted by atomic mass is 10.1. The number of anilines is 2. The van der Waals surface area contributed by atoms with E-state index < -0.39 is 23.6 Å². The van der Waals surface area contributed by atoms with Crippen LogP contribution in [0.4, 0.5) is 24.5 Å². The lowest BCUT2D eigenvalue weighted by Gasteiger charge is -2.12. The standard InChI is InChI=1S/C29H22BrF3N2O3/c30-25-17-21(12-13-26(25)38-15-14-19-6-2-1-3-7-19)28(37)34-23-10-4-8-20(16-23)27(36)35-24-11-5-9-22(18-24)29(31,32)33/h1-13,16-18H,14-15H2,(H,34,37)(H,35,36). The number of hydrogen-bond acceptors (Lipinski definition) is 3. The van der Waals surface area contributed by atoms with Gasteiger partial charge in [0.2, 0.25) is 0 Å². The quantitative estimate of drug-likeness (QED) is 0.225.